The lowest BCUT2D eigenvalue weighted by Gasteiger charge is -2.41. The second kappa shape index (κ2) is 3.79. The highest BCUT2D eigenvalue weighted by atomic mass is 32.2. The minimum Gasteiger partial charge on any atom is -0.391 e. The first kappa shape index (κ1) is 11.9. The summed E-state index contributed by atoms with van der Waals surface area (Å²) >= 11 is 0. The van der Waals surface area contributed by atoms with E-state index in [-0.39, 0.29) is 5.75 Å². The third kappa shape index (κ3) is 2.10. The van der Waals surface area contributed by atoms with Crippen molar-refractivity contribution in [1.82, 2.24) is 4.31 Å². The average molecular weight is 221 g/mol. The number of hydrogen-bond acceptors (Lipinski definition) is 3. The summed E-state index contributed by atoms with van der Waals surface area (Å²) < 4.78 is 24.9. The lowest BCUT2D eigenvalue weighted by Crippen LogP contribution is -2.56. The largest absolute Gasteiger partial charge is 0.391 e. The molecule has 14 heavy (non-hydrogen) atoms. The first-order chi connectivity index (χ1) is 6.28. The van der Waals surface area contributed by atoms with Crippen LogP contribution in [0.5, 0.6) is 0 Å². The molecule has 1 rings (SSSR count). The molecular formula is C9H19NO3S. The van der Waals surface area contributed by atoms with Crippen LogP contribution in [-0.4, -0.2) is 41.8 Å². The fraction of sp³-hybridized carbons (Fsp3) is 1.00. The molecule has 1 unspecified atom stereocenters. The van der Waals surface area contributed by atoms with Gasteiger partial charge in [0.1, 0.15) is 0 Å². The van der Waals surface area contributed by atoms with Gasteiger partial charge >= 0.3 is 0 Å². The van der Waals surface area contributed by atoms with Crippen molar-refractivity contribution in [3.63, 3.8) is 0 Å². The van der Waals surface area contributed by atoms with Gasteiger partial charge < -0.3 is 5.11 Å². The number of nitrogens with zero attached hydrogens (tertiary/aromatic N) is 1. The topological polar surface area (TPSA) is 57.6 Å². The van der Waals surface area contributed by atoms with Crippen molar-refractivity contribution >= 4 is 10.0 Å². The van der Waals surface area contributed by atoms with Crippen LogP contribution in [-0.2, 0) is 10.0 Å². The average Bonchev–Trinajstić information content (AvgIpc) is 2.02. The van der Waals surface area contributed by atoms with Crippen LogP contribution in [0.4, 0.5) is 0 Å². The Kier molecular flexibility index (Phi) is 3.23. The standard InChI is InChI=1S/C9H19NO3S/c1-8(11)9(2,3)10-6-4-5-7-14(10,12)13/h8,11H,4-7H2,1-3H3. The second-order valence-corrected chi connectivity index (χ2v) is 6.44. The molecule has 0 aromatic heterocycles. The van der Waals surface area contributed by atoms with Gasteiger partial charge in [-0.05, 0) is 33.6 Å². The van der Waals surface area contributed by atoms with Gasteiger partial charge in [0.2, 0.25) is 10.0 Å². The molecule has 84 valence electrons. The lowest BCUT2D eigenvalue weighted by molar-refractivity contribution is 0.0445. The van der Waals surface area contributed by atoms with E-state index in [2.05, 4.69) is 0 Å². The van der Waals surface area contributed by atoms with Gasteiger partial charge in [0.15, 0.2) is 0 Å². The molecule has 1 saturated heterocycles. The zero-order valence-corrected chi connectivity index (χ0v) is 9.84. The van der Waals surface area contributed by atoms with Crippen LogP contribution in [0.3, 0.4) is 0 Å². The molecule has 0 aliphatic carbocycles. The van der Waals surface area contributed by atoms with Gasteiger partial charge in [0.25, 0.3) is 0 Å². The van der Waals surface area contributed by atoms with E-state index >= 15 is 0 Å². The monoisotopic (exact) mass is 221 g/mol. The third-order valence-electron chi connectivity index (χ3n) is 3.01. The number of sulfonamides is 1. The van der Waals surface area contributed by atoms with Crippen molar-refractivity contribution in [2.24, 2.45) is 0 Å². The van der Waals surface area contributed by atoms with Crippen LogP contribution in [0.2, 0.25) is 0 Å². The van der Waals surface area contributed by atoms with E-state index in [1.165, 1.54) is 4.31 Å². The molecule has 1 aliphatic rings. The third-order valence-corrected chi connectivity index (χ3v) is 5.14. The van der Waals surface area contributed by atoms with Crippen molar-refractivity contribution in [3.05, 3.63) is 0 Å². The summed E-state index contributed by atoms with van der Waals surface area (Å²) in [6, 6.07) is 0. The molecule has 0 saturated carbocycles. The molecular weight excluding hydrogens is 202 g/mol. The molecule has 0 spiro atoms. The highest BCUT2D eigenvalue weighted by Crippen LogP contribution is 2.26. The molecule has 0 radical (unpaired) electrons. The van der Waals surface area contributed by atoms with Gasteiger partial charge in [-0.2, -0.15) is 4.31 Å². The van der Waals surface area contributed by atoms with Crippen molar-refractivity contribution in [3.8, 4) is 0 Å². The van der Waals surface area contributed by atoms with Gasteiger partial charge in [-0.15, -0.1) is 0 Å². The zero-order chi connectivity index (χ0) is 11.0. The van der Waals surface area contributed by atoms with E-state index in [4.69, 9.17) is 0 Å². The van der Waals surface area contributed by atoms with Crippen LogP contribution in [0.25, 0.3) is 0 Å². The molecule has 4 nitrogen and oxygen atoms in total. The summed E-state index contributed by atoms with van der Waals surface area (Å²) in [6.45, 7) is 5.69. The lowest BCUT2D eigenvalue weighted by atomic mass is 9.98. The van der Waals surface area contributed by atoms with Crippen LogP contribution >= 0.6 is 0 Å². The fourth-order valence-corrected chi connectivity index (χ4v) is 3.71. The molecule has 0 bridgehead atoms. The van der Waals surface area contributed by atoms with Crippen molar-refractivity contribution in [2.75, 3.05) is 12.3 Å². The number of rotatable bonds is 2. The molecule has 1 fully saturated rings. The summed E-state index contributed by atoms with van der Waals surface area (Å²) in [5.41, 5.74) is -0.695. The highest BCUT2D eigenvalue weighted by molar-refractivity contribution is 7.89. The Morgan fingerprint density at radius 1 is 1.36 bits per heavy atom. The Labute approximate surface area is 86.0 Å². The van der Waals surface area contributed by atoms with Crippen molar-refractivity contribution < 1.29 is 13.5 Å². The van der Waals surface area contributed by atoms with Gasteiger partial charge in [-0.3, -0.25) is 0 Å². The molecule has 1 aliphatic heterocycles. The maximum atomic E-state index is 11.7. The summed E-state index contributed by atoms with van der Waals surface area (Å²) in [4.78, 5) is 0. The molecule has 5 heteroatoms. The second-order valence-electron chi connectivity index (χ2n) is 4.42. The number of hydrogen-bond donors (Lipinski definition) is 1. The first-order valence-corrected chi connectivity index (χ1v) is 6.58. The molecule has 0 aromatic rings. The van der Waals surface area contributed by atoms with Gasteiger partial charge in [-0.25, -0.2) is 8.42 Å². The molecule has 0 aromatic carbocycles. The van der Waals surface area contributed by atoms with Gasteiger partial charge in [0.05, 0.1) is 17.4 Å². The van der Waals surface area contributed by atoms with Crippen molar-refractivity contribution in [2.45, 2.75) is 45.3 Å². The van der Waals surface area contributed by atoms with E-state index in [0.29, 0.717) is 6.54 Å². The Morgan fingerprint density at radius 2 is 1.93 bits per heavy atom. The Hall–Kier alpha value is -0.130. The predicted molar refractivity (Wildman–Crippen MR) is 55.5 cm³/mol. The quantitative estimate of drug-likeness (QED) is 0.741. The Morgan fingerprint density at radius 3 is 2.36 bits per heavy atom. The number of aliphatic hydroxyl groups is 1. The van der Waals surface area contributed by atoms with E-state index in [1.54, 1.807) is 20.8 Å². The number of aliphatic hydroxyl groups excluding tert-OH is 1. The van der Waals surface area contributed by atoms with Crippen LogP contribution in [0, 0.1) is 0 Å². The molecule has 1 N–H and O–H groups in total. The zero-order valence-electron chi connectivity index (χ0n) is 9.02. The fourth-order valence-electron chi connectivity index (χ4n) is 1.64. The summed E-state index contributed by atoms with van der Waals surface area (Å²) in [5.74, 6) is 0.211. The molecule has 0 amide bonds. The van der Waals surface area contributed by atoms with E-state index in [9.17, 15) is 13.5 Å². The summed E-state index contributed by atoms with van der Waals surface area (Å²) in [6.07, 6.45) is 0.958. The van der Waals surface area contributed by atoms with E-state index in [1.807, 2.05) is 0 Å². The minimum absolute atomic E-state index is 0.211. The maximum absolute atomic E-state index is 11.7. The first-order valence-electron chi connectivity index (χ1n) is 4.97. The molecule has 1 atom stereocenters. The van der Waals surface area contributed by atoms with E-state index in [0.717, 1.165) is 12.8 Å². The van der Waals surface area contributed by atoms with Gasteiger partial charge in [0, 0.05) is 6.54 Å². The summed E-state index contributed by atoms with van der Waals surface area (Å²) in [5, 5.41) is 9.56. The Bertz CT molecular complexity index is 295. The minimum atomic E-state index is -3.15. The predicted octanol–water partition coefficient (Wildman–Crippen LogP) is 0.571. The van der Waals surface area contributed by atoms with Crippen LogP contribution < -0.4 is 0 Å². The Balaban J connectivity index is 2.96. The summed E-state index contributed by atoms with van der Waals surface area (Å²) in [7, 11) is -3.15. The smallest absolute Gasteiger partial charge is 0.214 e. The molecule has 1 heterocycles. The SMILES string of the molecule is CC(O)C(C)(C)N1CCCCS1(=O)=O. The maximum Gasteiger partial charge on any atom is 0.214 e. The highest BCUT2D eigenvalue weighted by Gasteiger charge is 2.40. The van der Waals surface area contributed by atoms with Crippen molar-refractivity contribution in [1.29, 1.82) is 0 Å². The van der Waals surface area contributed by atoms with Crippen LogP contribution in [0.15, 0.2) is 0 Å². The van der Waals surface area contributed by atoms with Crippen LogP contribution in [0.1, 0.15) is 33.6 Å². The van der Waals surface area contributed by atoms with E-state index < -0.39 is 21.7 Å². The normalized spacial score (nSPS) is 26.0. The van der Waals surface area contributed by atoms with Gasteiger partial charge in [-0.1, -0.05) is 0 Å².